The van der Waals surface area contributed by atoms with E-state index in [0.29, 0.717) is 28.0 Å². The molecule has 0 radical (unpaired) electrons. The molecule has 5 rings (SSSR count). The molecular formula is C22H23FN6OS. The Balaban J connectivity index is 1.52. The highest BCUT2D eigenvalue weighted by Crippen LogP contribution is 2.41. The van der Waals surface area contributed by atoms with Crippen molar-refractivity contribution in [2.45, 2.75) is 25.8 Å². The number of ether oxygens (including phenoxy) is 1. The number of aryl methyl sites for hydroxylation is 1. The van der Waals surface area contributed by atoms with Gasteiger partial charge < -0.3 is 15.4 Å². The molecule has 0 amide bonds. The highest BCUT2D eigenvalue weighted by molar-refractivity contribution is 7.19. The predicted molar refractivity (Wildman–Crippen MR) is 121 cm³/mol. The van der Waals surface area contributed by atoms with E-state index in [1.807, 2.05) is 17.8 Å². The highest BCUT2D eigenvalue weighted by Gasteiger charge is 2.19. The van der Waals surface area contributed by atoms with Crippen LogP contribution >= 0.6 is 11.3 Å². The quantitative estimate of drug-likeness (QED) is 0.470. The molecule has 1 aliphatic heterocycles. The molecule has 0 aliphatic carbocycles. The number of thiophene rings is 1. The van der Waals surface area contributed by atoms with Crippen molar-refractivity contribution in [1.29, 1.82) is 0 Å². The molecule has 7 nitrogen and oxygen atoms in total. The van der Waals surface area contributed by atoms with E-state index in [2.05, 4.69) is 20.7 Å². The number of anilines is 2. The first-order valence-electron chi connectivity index (χ1n) is 10.7. The van der Waals surface area contributed by atoms with E-state index in [1.54, 1.807) is 12.3 Å². The van der Waals surface area contributed by atoms with Gasteiger partial charge in [-0.1, -0.05) is 0 Å². The Morgan fingerprint density at radius 2 is 2.19 bits per heavy atom. The van der Waals surface area contributed by atoms with Crippen LogP contribution in [0.1, 0.15) is 25.1 Å². The molecule has 4 heterocycles. The van der Waals surface area contributed by atoms with E-state index in [1.165, 1.54) is 30.6 Å². The number of hydrogen-bond donors (Lipinski definition) is 2. The molecule has 9 heteroatoms. The van der Waals surface area contributed by atoms with Crippen molar-refractivity contribution in [2.75, 3.05) is 25.5 Å². The van der Waals surface area contributed by atoms with E-state index in [-0.39, 0.29) is 12.0 Å². The number of hydrogen-bond acceptors (Lipinski definition) is 7. The van der Waals surface area contributed by atoms with Crippen LogP contribution in [0.4, 0.5) is 16.0 Å². The second-order valence-electron chi connectivity index (χ2n) is 7.53. The number of halogens is 1. The lowest BCUT2D eigenvalue weighted by Gasteiger charge is -2.22. The van der Waals surface area contributed by atoms with Gasteiger partial charge in [0.15, 0.2) is 0 Å². The standard InChI is InChI=1S/C22H23FN6OS/c1-13-20(17-4-3-14(23)9-18(17)30-2)21-19(31-13)11-25-22(28-21)27-15-10-26-29(12-15)16-5-7-24-8-6-16/h3-4,9-12,16,24H,5-8H2,1-2H3,(H,25,27,28)/i11D. The topological polar surface area (TPSA) is 76.9 Å². The highest BCUT2D eigenvalue weighted by atomic mass is 32.1. The van der Waals surface area contributed by atoms with Crippen molar-refractivity contribution in [3.8, 4) is 16.9 Å². The molecule has 160 valence electrons. The number of rotatable bonds is 5. The van der Waals surface area contributed by atoms with Crippen molar-refractivity contribution >= 4 is 33.2 Å². The Morgan fingerprint density at radius 3 is 3.00 bits per heavy atom. The average Bonchev–Trinajstić information content (AvgIpc) is 3.39. The van der Waals surface area contributed by atoms with Gasteiger partial charge in [-0.05, 0) is 45.0 Å². The van der Waals surface area contributed by atoms with Crippen molar-refractivity contribution in [1.82, 2.24) is 25.1 Å². The molecule has 0 saturated carbocycles. The zero-order valence-corrected chi connectivity index (χ0v) is 18.1. The van der Waals surface area contributed by atoms with Crippen molar-refractivity contribution in [2.24, 2.45) is 0 Å². The number of benzene rings is 1. The first-order chi connectivity index (χ1) is 15.5. The number of nitrogens with zero attached hydrogens (tertiary/aromatic N) is 4. The van der Waals surface area contributed by atoms with Crippen LogP contribution in [0.15, 0.2) is 36.8 Å². The van der Waals surface area contributed by atoms with Gasteiger partial charge in [0.25, 0.3) is 0 Å². The normalized spacial score (nSPS) is 15.3. The fraction of sp³-hybridized carbons (Fsp3) is 0.318. The van der Waals surface area contributed by atoms with Gasteiger partial charge in [-0.25, -0.2) is 14.4 Å². The first kappa shape index (κ1) is 18.7. The average molecular weight is 440 g/mol. The van der Waals surface area contributed by atoms with Crippen molar-refractivity contribution in [3.63, 3.8) is 0 Å². The van der Waals surface area contributed by atoms with E-state index in [0.717, 1.165) is 47.6 Å². The Bertz CT molecular complexity index is 1280. The van der Waals surface area contributed by atoms with Crippen LogP contribution in [-0.4, -0.2) is 39.9 Å². The fourth-order valence-corrected chi connectivity index (χ4v) is 4.95. The summed E-state index contributed by atoms with van der Waals surface area (Å²) in [7, 11) is 1.51. The van der Waals surface area contributed by atoms with E-state index in [4.69, 9.17) is 11.1 Å². The van der Waals surface area contributed by atoms with Crippen LogP contribution in [-0.2, 0) is 0 Å². The maximum absolute atomic E-state index is 13.7. The molecule has 0 bridgehead atoms. The monoisotopic (exact) mass is 439 g/mol. The van der Waals surface area contributed by atoms with E-state index in [9.17, 15) is 4.39 Å². The second-order valence-corrected chi connectivity index (χ2v) is 8.75. The molecule has 0 spiro atoms. The van der Waals surface area contributed by atoms with Gasteiger partial charge in [-0.15, -0.1) is 11.3 Å². The van der Waals surface area contributed by atoms with Crippen LogP contribution < -0.4 is 15.4 Å². The molecule has 0 unspecified atom stereocenters. The minimum absolute atomic E-state index is 0.142. The molecule has 4 aromatic rings. The third-order valence-corrected chi connectivity index (χ3v) is 6.51. The van der Waals surface area contributed by atoms with Crippen LogP contribution in [0, 0.1) is 12.7 Å². The summed E-state index contributed by atoms with van der Waals surface area (Å²) in [5, 5.41) is 11.0. The Labute approximate surface area is 184 Å². The fourth-order valence-electron chi connectivity index (χ4n) is 4.00. The number of methoxy groups -OCH3 is 1. The second kappa shape index (κ2) is 8.24. The van der Waals surface area contributed by atoms with Crippen LogP contribution in [0.3, 0.4) is 0 Å². The van der Waals surface area contributed by atoms with E-state index < -0.39 is 0 Å². The maximum Gasteiger partial charge on any atom is 0.227 e. The van der Waals surface area contributed by atoms with Crippen LogP contribution in [0.2, 0.25) is 0 Å². The molecule has 1 saturated heterocycles. The first-order valence-corrected chi connectivity index (χ1v) is 11.0. The summed E-state index contributed by atoms with van der Waals surface area (Å²) in [6.07, 6.45) is 5.93. The largest absolute Gasteiger partial charge is 0.496 e. The Kier molecular flexibility index (Phi) is 4.97. The molecule has 1 fully saturated rings. The summed E-state index contributed by atoms with van der Waals surface area (Å²) >= 11 is 1.45. The number of nitrogens with one attached hydrogen (secondary N) is 2. The molecule has 1 aromatic carbocycles. The zero-order chi connectivity index (χ0) is 22.2. The maximum atomic E-state index is 13.7. The number of aromatic nitrogens is 4. The zero-order valence-electron chi connectivity index (χ0n) is 18.3. The lowest BCUT2D eigenvalue weighted by molar-refractivity contribution is 0.343. The molecular weight excluding hydrogens is 415 g/mol. The van der Waals surface area contributed by atoms with Gasteiger partial charge in [0.05, 0.1) is 42.8 Å². The van der Waals surface area contributed by atoms with Gasteiger partial charge in [-0.2, -0.15) is 5.10 Å². The summed E-state index contributed by atoms with van der Waals surface area (Å²) in [4.78, 5) is 10.0. The lowest BCUT2D eigenvalue weighted by atomic mass is 10.0. The smallest absolute Gasteiger partial charge is 0.227 e. The summed E-state index contributed by atoms with van der Waals surface area (Å²) in [5.74, 6) is 0.384. The van der Waals surface area contributed by atoms with Gasteiger partial charge in [-0.3, -0.25) is 4.68 Å². The number of fused-ring (bicyclic) bond motifs is 1. The summed E-state index contributed by atoms with van der Waals surface area (Å²) in [6.45, 7) is 3.94. The van der Waals surface area contributed by atoms with Gasteiger partial charge in [0.2, 0.25) is 5.95 Å². The molecule has 1 aliphatic rings. The SMILES string of the molecule is [2H]c1nc(Nc2cnn(C3CCNCC3)c2)nc2c(-c3ccc(F)cc3OC)c(C)sc12. The third kappa shape index (κ3) is 3.86. The lowest BCUT2D eigenvalue weighted by Crippen LogP contribution is -2.29. The van der Waals surface area contributed by atoms with Crippen molar-refractivity contribution in [3.05, 3.63) is 47.5 Å². The summed E-state index contributed by atoms with van der Waals surface area (Å²) in [5.41, 5.74) is 2.98. The van der Waals surface area contributed by atoms with Gasteiger partial charge in [0, 0.05) is 28.3 Å². The molecule has 0 atom stereocenters. The molecule has 3 aromatic heterocycles. The van der Waals surface area contributed by atoms with Gasteiger partial charge in [0.1, 0.15) is 11.6 Å². The minimum Gasteiger partial charge on any atom is -0.496 e. The Hall–Kier alpha value is -3.04. The Morgan fingerprint density at radius 1 is 1.35 bits per heavy atom. The molecule has 31 heavy (non-hydrogen) atoms. The van der Waals surface area contributed by atoms with Crippen molar-refractivity contribution < 1.29 is 10.5 Å². The van der Waals surface area contributed by atoms with Crippen LogP contribution in [0.5, 0.6) is 5.75 Å². The third-order valence-electron chi connectivity index (χ3n) is 5.51. The van der Waals surface area contributed by atoms with Gasteiger partial charge >= 0.3 is 0 Å². The predicted octanol–water partition coefficient (Wildman–Crippen LogP) is 4.68. The van der Waals surface area contributed by atoms with E-state index >= 15 is 0 Å². The minimum atomic E-state index is -0.369. The number of piperidine rings is 1. The van der Waals surface area contributed by atoms with Crippen LogP contribution in [0.25, 0.3) is 21.3 Å². The molecule has 2 N–H and O–H groups in total. The summed E-state index contributed by atoms with van der Waals surface area (Å²) in [6, 6.07) is 4.82. The summed E-state index contributed by atoms with van der Waals surface area (Å²) < 4.78 is 30.3.